The van der Waals surface area contributed by atoms with Crippen LogP contribution in [-0.4, -0.2) is 5.11 Å². The molecule has 0 aliphatic carbocycles. The van der Waals surface area contributed by atoms with Crippen molar-refractivity contribution in [3.8, 4) is 5.75 Å². The number of halogens is 1. The summed E-state index contributed by atoms with van der Waals surface area (Å²) < 4.78 is 0. The maximum atomic E-state index is 9.12. The van der Waals surface area contributed by atoms with Crippen molar-refractivity contribution in [2.45, 2.75) is 0 Å². The predicted octanol–water partition coefficient (Wildman–Crippen LogP) is 3.00. The Bertz CT molecular complexity index is 423. The molecule has 0 fully saturated rings. The fourth-order valence-corrected chi connectivity index (χ4v) is 1.40. The fourth-order valence-electron chi connectivity index (χ4n) is 1.17. The van der Waals surface area contributed by atoms with E-state index in [1.54, 1.807) is 12.1 Å². The molecule has 1 N–H and O–H groups in total. The summed E-state index contributed by atoms with van der Waals surface area (Å²) in [4.78, 5) is 0. The molecule has 0 atom stereocenters. The van der Waals surface area contributed by atoms with Gasteiger partial charge in [0.25, 0.3) is 0 Å². The molecule has 12 heavy (non-hydrogen) atoms. The second-order valence-electron chi connectivity index (χ2n) is 2.56. The number of fused-ring (bicyclic) bond motifs is 1. The third-order valence-corrected chi connectivity index (χ3v) is 2.07. The van der Waals surface area contributed by atoms with Gasteiger partial charge in [-0.05, 0) is 23.6 Å². The molecule has 1 radical (unpaired) electrons. The van der Waals surface area contributed by atoms with Crippen LogP contribution in [0.25, 0.3) is 10.8 Å². The van der Waals surface area contributed by atoms with Crippen LogP contribution in [0.3, 0.4) is 0 Å². The van der Waals surface area contributed by atoms with Crippen molar-refractivity contribution in [2.75, 3.05) is 0 Å². The van der Waals surface area contributed by atoms with Crippen molar-refractivity contribution >= 4 is 22.4 Å². The van der Waals surface area contributed by atoms with Gasteiger partial charge in [-0.25, -0.2) is 0 Å². The molecule has 2 aromatic rings. The van der Waals surface area contributed by atoms with Crippen molar-refractivity contribution < 1.29 is 5.11 Å². The van der Waals surface area contributed by atoms with E-state index < -0.39 is 0 Å². The van der Waals surface area contributed by atoms with E-state index >= 15 is 0 Å². The van der Waals surface area contributed by atoms with Crippen LogP contribution in [0, 0.1) is 6.07 Å². The SMILES string of the molecule is Oc1[c]cc2c(Cl)cccc2c1. The first-order valence-corrected chi connectivity index (χ1v) is 3.94. The molecular formula is C10H6ClO. The molecule has 0 aliphatic rings. The van der Waals surface area contributed by atoms with Gasteiger partial charge in [0.05, 0.1) is 0 Å². The Morgan fingerprint density at radius 2 is 2.17 bits per heavy atom. The highest BCUT2D eigenvalue weighted by Crippen LogP contribution is 2.25. The summed E-state index contributed by atoms with van der Waals surface area (Å²) in [5, 5.41) is 11.6. The van der Waals surface area contributed by atoms with Crippen molar-refractivity contribution in [1.82, 2.24) is 0 Å². The molecule has 0 bridgehead atoms. The molecule has 0 aliphatic heterocycles. The van der Waals surface area contributed by atoms with E-state index in [1.807, 2.05) is 18.2 Å². The molecular weight excluding hydrogens is 172 g/mol. The minimum Gasteiger partial charge on any atom is -0.507 e. The smallest absolute Gasteiger partial charge is 0.124 e. The predicted molar refractivity (Wildman–Crippen MR) is 49.5 cm³/mol. The summed E-state index contributed by atoms with van der Waals surface area (Å²) in [5.41, 5.74) is 0. The molecule has 0 saturated heterocycles. The monoisotopic (exact) mass is 177 g/mol. The van der Waals surface area contributed by atoms with Gasteiger partial charge >= 0.3 is 0 Å². The number of phenolic OH excluding ortho intramolecular Hbond substituents is 1. The first-order valence-electron chi connectivity index (χ1n) is 3.56. The van der Waals surface area contributed by atoms with E-state index in [1.165, 1.54) is 0 Å². The largest absolute Gasteiger partial charge is 0.507 e. The van der Waals surface area contributed by atoms with Gasteiger partial charge in [0, 0.05) is 16.5 Å². The third-order valence-electron chi connectivity index (χ3n) is 1.74. The second kappa shape index (κ2) is 2.68. The number of hydrogen-bond acceptors (Lipinski definition) is 1. The van der Waals surface area contributed by atoms with Crippen molar-refractivity contribution in [1.29, 1.82) is 0 Å². The van der Waals surface area contributed by atoms with Gasteiger partial charge < -0.3 is 5.11 Å². The van der Waals surface area contributed by atoms with E-state index in [9.17, 15) is 0 Å². The first kappa shape index (κ1) is 7.44. The summed E-state index contributed by atoms with van der Waals surface area (Å²) in [6.45, 7) is 0. The summed E-state index contributed by atoms with van der Waals surface area (Å²) >= 11 is 5.91. The Morgan fingerprint density at radius 3 is 3.00 bits per heavy atom. The summed E-state index contributed by atoms with van der Waals surface area (Å²) in [6, 6.07) is 11.6. The molecule has 59 valence electrons. The minimum absolute atomic E-state index is 0.143. The molecule has 0 amide bonds. The maximum Gasteiger partial charge on any atom is 0.124 e. The van der Waals surface area contributed by atoms with Gasteiger partial charge in [0.2, 0.25) is 0 Å². The van der Waals surface area contributed by atoms with Crippen LogP contribution in [0.4, 0.5) is 0 Å². The van der Waals surface area contributed by atoms with Gasteiger partial charge in [-0.3, -0.25) is 0 Å². The van der Waals surface area contributed by atoms with Crippen LogP contribution >= 0.6 is 11.6 Å². The zero-order valence-electron chi connectivity index (χ0n) is 6.21. The zero-order valence-corrected chi connectivity index (χ0v) is 6.97. The molecule has 0 spiro atoms. The molecule has 0 heterocycles. The average molecular weight is 178 g/mol. The van der Waals surface area contributed by atoms with Gasteiger partial charge in [-0.1, -0.05) is 23.7 Å². The van der Waals surface area contributed by atoms with E-state index in [0.29, 0.717) is 5.02 Å². The zero-order chi connectivity index (χ0) is 8.55. The first-order chi connectivity index (χ1) is 5.77. The van der Waals surface area contributed by atoms with Gasteiger partial charge in [0.15, 0.2) is 0 Å². The fraction of sp³-hybridized carbons (Fsp3) is 0. The number of benzene rings is 2. The Labute approximate surface area is 75.2 Å². The minimum atomic E-state index is 0.143. The van der Waals surface area contributed by atoms with Gasteiger partial charge in [-0.2, -0.15) is 0 Å². The lowest BCUT2D eigenvalue weighted by Gasteiger charge is -1.99. The Morgan fingerprint density at radius 1 is 1.33 bits per heavy atom. The summed E-state index contributed by atoms with van der Waals surface area (Å²) in [7, 11) is 0. The van der Waals surface area contributed by atoms with Crippen LogP contribution in [0.1, 0.15) is 0 Å². The van der Waals surface area contributed by atoms with E-state index in [-0.39, 0.29) is 5.75 Å². The van der Waals surface area contributed by atoms with Crippen LogP contribution in [0.5, 0.6) is 5.75 Å². The number of hydrogen-bond donors (Lipinski definition) is 1. The Kier molecular flexibility index (Phi) is 1.66. The molecule has 0 aromatic heterocycles. The highest BCUT2D eigenvalue weighted by molar-refractivity contribution is 6.35. The normalized spacial score (nSPS) is 10.4. The van der Waals surface area contributed by atoms with Crippen molar-refractivity contribution in [3.63, 3.8) is 0 Å². The molecule has 0 unspecified atom stereocenters. The summed E-state index contributed by atoms with van der Waals surface area (Å²) in [6.07, 6.45) is 0. The van der Waals surface area contributed by atoms with Crippen molar-refractivity contribution in [3.05, 3.63) is 41.4 Å². The van der Waals surface area contributed by atoms with Crippen LogP contribution in [0.15, 0.2) is 30.3 Å². The highest BCUT2D eigenvalue weighted by atomic mass is 35.5. The average Bonchev–Trinajstić information content (AvgIpc) is 2.04. The lowest BCUT2D eigenvalue weighted by atomic mass is 10.1. The van der Waals surface area contributed by atoms with Crippen LogP contribution in [-0.2, 0) is 0 Å². The maximum absolute atomic E-state index is 9.12. The van der Waals surface area contributed by atoms with Crippen LogP contribution < -0.4 is 0 Å². The molecule has 2 rings (SSSR count). The van der Waals surface area contributed by atoms with Crippen LogP contribution in [0.2, 0.25) is 5.02 Å². The number of aromatic hydroxyl groups is 1. The Balaban J connectivity index is 2.86. The number of phenols is 1. The molecule has 2 heteroatoms. The van der Waals surface area contributed by atoms with Gasteiger partial charge in [-0.15, -0.1) is 0 Å². The van der Waals surface area contributed by atoms with E-state index in [0.717, 1.165) is 10.8 Å². The molecule has 1 nitrogen and oxygen atoms in total. The van der Waals surface area contributed by atoms with Crippen molar-refractivity contribution in [2.24, 2.45) is 0 Å². The summed E-state index contributed by atoms with van der Waals surface area (Å²) in [5.74, 6) is 0.143. The molecule has 2 aromatic carbocycles. The second-order valence-corrected chi connectivity index (χ2v) is 2.97. The van der Waals surface area contributed by atoms with E-state index in [2.05, 4.69) is 6.07 Å². The Hall–Kier alpha value is -1.21. The van der Waals surface area contributed by atoms with Gasteiger partial charge in [0.1, 0.15) is 5.75 Å². The molecule has 0 saturated carbocycles. The lowest BCUT2D eigenvalue weighted by molar-refractivity contribution is 0.475. The number of rotatable bonds is 0. The standard InChI is InChI=1S/C10H6ClO/c11-10-3-1-2-7-6-8(12)4-5-9(7)10/h1-3,5-6,12H. The topological polar surface area (TPSA) is 20.2 Å². The van der Waals surface area contributed by atoms with E-state index in [4.69, 9.17) is 16.7 Å². The lowest BCUT2D eigenvalue weighted by Crippen LogP contribution is -1.73. The highest BCUT2D eigenvalue weighted by Gasteiger charge is 1.98. The third kappa shape index (κ3) is 1.12. The quantitative estimate of drug-likeness (QED) is 0.656.